The van der Waals surface area contributed by atoms with Crippen molar-refractivity contribution in [3.63, 3.8) is 0 Å². The monoisotopic (exact) mass is 227 g/mol. The first kappa shape index (κ1) is 12.2. The molecule has 3 N–H and O–H groups in total. The number of hydrogen-bond donors (Lipinski definition) is 2. The number of carboxylic acids is 1. The molecule has 1 atom stereocenters. The Labute approximate surface area is 93.9 Å². The van der Waals surface area contributed by atoms with Crippen molar-refractivity contribution in [3.8, 4) is 0 Å². The van der Waals surface area contributed by atoms with Gasteiger partial charge in [0.2, 0.25) is 0 Å². The van der Waals surface area contributed by atoms with E-state index in [0.29, 0.717) is 6.42 Å². The van der Waals surface area contributed by atoms with Gasteiger partial charge in [-0.15, -0.1) is 0 Å². The van der Waals surface area contributed by atoms with Crippen LogP contribution in [0.2, 0.25) is 0 Å². The van der Waals surface area contributed by atoms with Gasteiger partial charge in [0.15, 0.2) is 0 Å². The smallest absolute Gasteiger partial charge is 0.311 e. The Bertz CT molecular complexity index is 321. The van der Waals surface area contributed by atoms with Gasteiger partial charge >= 0.3 is 5.97 Å². The van der Waals surface area contributed by atoms with Crippen molar-refractivity contribution in [2.75, 3.05) is 6.54 Å². The first-order valence-electron chi connectivity index (χ1n) is 4.97. The molecule has 0 bridgehead atoms. The first-order chi connectivity index (χ1) is 7.03. The fourth-order valence-electron chi connectivity index (χ4n) is 1.68. The van der Waals surface area contributed by atoms with Crippen molar-refractivity contribution < 1.29 is 9.90 Å². The van der Waals surface area contributed by atoms with Crippen molar-refractivity contribution in [2.24, 2.45) is 17.1 Å². The van der Waals surface area contributed by atoms with E-state index in [1.54, 1.807) is 11.3 Å². The fraction of sp³-hybridized carbons (Fsp3) is 0.545. The molecule has 0 saturated heterocycles. The van der Waals surface area contributed by atoms with Crippen LogP contribution in [0.1, 0.15) is 19.4 Å². The molecule has 84 valence electrons. The summed E-state index contributed by atoms with van der Waals surface area (Å²) in [7, 11) is 0. The summed E-state index contributed by atoms with van der Waals surface area (Å²) < 4.78 is 0. The quantitative estimate of drug-likeness (QED) is 0.808. The van der Waals surface area contributed by atoms with Crippen LogP contribution in [0.5, 0.6) is 0 Å². The zero-order valence-electron chi connectivity index (χ0n) is 9.06. The lowest BCUT2D eigenvalue weighted by Gasteiger charge is -2.31. The standard InChI is InChI=1S/C11H17NO2S/c1-8(2)11(7-12,10(13)14)5-9-3-4-15-6-9/h3-4,6,8H,5,7,12H2,1-2H3,(H,13,14). The summed E-state index contributed by atoms with van der Waals surface area (Å²) in [6.07, 6.45) is 0.514. The van der Waals surface area contributed by atoms with E-state index in [9.17, 15) is 9.90 Å². The molecule has 0 radical (unpaired) electrons. The number of hydrogen-bond acceptors (Lipinski definition) is 3. The van der Waals surface area contributed by atoms with Gasteiger partial charge in [0.25, 0.3) is 0 Å². The molecule has 1 rings (SSSR count). The van der Waals surface area contributed by atoms with E-state index in [1.807, 2.05) is 30.7 Å². The van der Waals surface area contributed by atoms with Gasteiger partial charge in [0, 0.05) is 6.54 Å². The zero-order valence-corrected chi connectivity index (χ0v) is 9.88. The average molecular weight is 227 g/mol. The third-order valence-corrected chi connectivity index (χ3v) is 3.73. The summed E-state index contributed by atoms with van der Waals surface area (Å²) in [5, 5.41) is 13.3. The molecule has 1 aromatic heterocycles. The van der Waals surface area contributed by atoms with E-state index in [2.05, 4.69) is 0 Å². The largest absolute Gasteiger partial charge is 0.481 e. The highest BCUT2D eigenvalue weighted by Crippen LogP contribution is 2.31. The summed E-state index contributed by atoms with van der Waals surface area (Å²) in [4.78, 5) is 11.3. The van der Waals surface area contributed by atoms with Crippen LogP contribution < -0.4 is 5.73 Å². The average Bonchev–Trinajstić information content (AvgIpc) is 2.65. The van der Waals surface area contributed by atoms with Crippen LogP contribution in [0.15, 0.2) is 16.8 Å². The maximum absolute atomic E-state index is 11.3. The van der Waals surface area contributed by atoms with E-state index in [0.717, 1.165) is 5.56 Å². The van der Waals surface area contributed by atoms with Crippen molar-refractivity contribution in [2.45, 2.75) is 20.3 Å². The molecule has 0 fully saturated rings. The normalized spacial score (nSPS) is 15.2. The second-order valence-electron chi connectivity index (χ2n) is 4.13. The molecule has 3 nitrogen and oxygen atoms in total. The maximum Gasteiger partial charge on any atom is 0.311 e. The van der Waals surface area contributed by atoms with Crippen molar-refractivity contribution in [3.05, 3.63) is 22.4 Å². The Balaban J connectivity index is 2.95. The van der Waals surface area contributed by atoms with Crippen molar-refractivity contribution in [1.29, 1.82) is 0 Å². The van der Waals surface area contributed by atoms with E-state index >= 15 is 0 Å². The van der Waals surface area contributed by atoms with Gasteiger partial charge in [-0.3, -0.25) is 4.79 Å². The lowest BCUT2D eigenvalue weighted by atomic mass is 9.73. The highest BCUT2D eigenvalue weighted by Gasteiger charge is 2.40. The molecule has 1 heterocycles. The molecule has 0 spiro atoms. The molecule has 0 aliphatic carbocycles. The van der Waals surface area contributed by atoms with E-state index in [-0.39, 0.29) is 12.5 Å². The van der Waals surface area contributed by atoms with Crippen LogP contribution in [0.4, 0.5) is 0 Å². The Morgan fingerprint density at radius 3 is 2.67 bits per heavy atom. The van der Waals surface area contributed by atoms with Crippen LogP contribution in [0, 0.1) is 11.3 Å². The van der Waals surface area contributed by atoms with Gasteiger partial charge < -0.3 is 10.8 Å². The third kappa shape index (κ3) is 2.38. The van der Waals surface area contributed by atoms with Crippen LogP contribution in [-0.2, 0) is 11.2 Å². The second kappa shape index (κ2) is 4.77. The van der Waals surface area contributed by atoms with Gasteiger partial charge in [-0.05, 0) is 34.7 Å². The minimum absolute atomic E-state index is 0.0277. The topological polar surface area (TPSA) is 63.3 Å². The number of rotatable bonds is 5. The maximum atomic E-state index is 11.3. The van der Waals surface area contributed by atoms with Gasteiger partial charge in [-0.1, -0.05) is 13.8 Å². The highest BCUT2D eigenvalue weighted by molar-refractivity contribution is 7.07. The third-order valence-electron chi connectivity index (χ3n) is 3.00. The molecule has 0 aromatic carbocycles. The predicted molar refractivity (Wildman–Crippen MR) is 62.0 cm³/mol. The van der Waals surface area contributed by atoms with E-state index < -0.39 is 11.4 Å². The SMILES string of the molecule is CC(C)C(CN)(Cc1ccsc1)C(=O)O. The zero-order chi connectivity index (χ0) is 11.5. The number of nitrogens with two attached hydrogens (primary N) is 1. The molecule has 0 aliphatic rings. The number of thiophene rings is 1. The summed E-state index contributed by atoms with van der Waals surface area (Å²) >= 11 is 1.58. The molecular weight excluding hydrogens is 210 g/mol. The van der Waals surface area contributed by atoms with Gasteiger partial charge in [0.1, 0.15) is 0 Å². The minimum atomic E-state index is -0.832. The molecule has 0 amide bonds. The molecule has 1 aromatic rings. The molecular formula is C11H17NO2S. The first-order valence-corrected chi connectivity index (χ1v) is 5.91. The number of carboxylic acid groups (broad SMARTS) is 1. The number of aliphatic carboxylic acids is 1. The minimum Gasteiger partial charge on any atom is -0.481 e. The summed E-state index contributed by atoms with van der Waals surface area (Å²) in [6.45, 7) is 4.00. The van der Waals surface area contributed by atoms with Crippen LogP contribution in [0.3, 0.4) is 0 Å². The summed E-state index contributed by atoms with van der Waals surface area (Å²) in [5.41, 5.74) is 5.87. The summed E-state index contributed by atoms with van der Waals surface area (Å²) in [6, 6.07) is 1.96. The Morgan fingerprint density at radius 2 is 2.33 bits per heavy atom. The Kier molecular flexibility index (Phi) is 3.88. The Morgan fingerprint density at radius 1 is 1.67 bits per heavy atom. The molecule has 1 unspecified atom stereocenters. The Hall–Kier alpha value is -0.870. The van der Waals surface area contributed by atoms with E-state index in [1.165, 1.54) is 0 Å². The number of carbonyl (C=O) groups is 1. The highest BCUT2D eigenvalue weighted by atomic mass is 32.1. The second-order valence-corrected chi connectivity index (χ2v) is 4.91. The van der Waals surface area contributed by atoms with Crippen LogP contribution >= 0.6 is 11.3 Å². The molecule has 0 aliphatic heterocycles. The molecule has 4 heteroatoms. The van der Waals surface area contributed by atoms with Crippen molar-refractivity contribution >= 4 is 17.3 Å². The lowest BCUT2D eigenvalue weighted by Crippen LogP contribution is -2.44. The van der Waals surface area contributed by atoms with Gasteiger partial charge in [0.05, 0.1) is 5.41 Å². The lowest BCUT2D eigenvalue weighted by molar-refractivity contribution is -0.151. The fourth-order valence-corrected chi connectivity index (χ4v) is 2.35. The molecule has 0 saturated carbocycles. The van der Waals surface area contributed by atoms with Gasteiger partial charge in [-0.25, -0.2) is 0 Å². The van der Waals surface area contributed by atoms with Crippen LogP contribution in [-0.4, -0.2) is 17.6 Å². The predicted octanol–water partition coefficient (Wildman–Crippen LogP) is 1.98. The van der Waals surface area contributed by atoms with Gasteiger partial charge in [-0.2, -0.15) is 11.3 Å². The molecule has 15 heavy (non-hydrogen) atoms. The van der Waals surface area contributed by atoms with Crippen molar-refractivity contribution in [1.82, 2.24) is 0 Å². The van der Waals surface area contributed by atoms with E-state index in [4.69, 9.17) is 5.73 Å². The summed E-state index contributed by atoms with van der Waals surface area (Å²) in [5.74, 6) is -0.772. The van der Waals surface area contributed by atoms with Crippen LogP contribution in [0.25, 0.3) is 0 Å².